The van der Waals surface area contributed by atoms with Crippen LogP contribution in [0.5, 0.6) is 0 Å². The van der Waals surface area contributed by atoms with Crippen molar-refractivity contribution >= 4 is 11.6 Å². The maximum atomic E-state index is 10.6. The fourth-order valence-corrected chi connectivity index (χ4v) is 1.20. The van der Waals surface area contributed by atoms with E-state index in [2.05, 4.69) is 0 Å². The van der Waals surface area contributed by atoms with Gasteiger partial charge in [-0.25, -0.2) is 0 Å². The smallest absolute Gasteiger partial charge is 0.152 e. The molecule has 0 radical (unpaired) electrons. The van der Waals surface area contributed by atoms with Crippen molar-refractivity contribution < 1.29 is 9.59 Å². The van der Waals surface area contributed by atoms with Crippen LogP contribution in [-0.2, 0) is 9.59 Å². The van der Waals surface area contributed by atoms with Gasteiger partial charge in [-0.15, -0.1) is 0 Å². The fourth-order valence-electron chi connectivity index (χ4n) is 1.20. The van der Waals surface area contributed by atoms with Crippen LogP contribution in [0, 0.1) is 0 Å². The number of carbonyl (C=O) groups is 2. The van der Waals surface area contributed by atoms with Gasteiger partial charge in [0, 0.05) is 0 Å². The Morgan fingerprint density at radius 3 is 1.53 bits per heavy atom. The topological polar surface area (TPSA) is 34.1 Å². The highest BCUT2D eigenvalue weighted by molar-refractivity contribution is 5.87. The number of hydrogen-bond acceptors (Lipinski definition) is 2. The van der Waals surface area contributed by atoms with Crippen LogP contribution >= 0.6 is 0 Å². The first kappa shape index (κ1) is 13.8. The largest absolute Gasteiger partial charge is 0.295 e. The number of allylic oxidation sites excluding steroid dienone is 4. The average Bonchev–Trinajstić information content (AvgIpc) is 2.14. The first-order valence-electron chi connectivity index (χ1n) is 5.47. The summed E-state index contributed by atoms with van der Waals surface area (Å²) in [5.74, 6) is 0.221. The molecule has 0 unspecified atom stereocenters. The van der Waals surface area contributed by atoms with E-state index in [1.165, 1.54) is 0 Å². The second-order valence-corrected chi connectivity index (χ2v) is 3.66. The lowest BCUT2D eigenvalue weighted by Crippen LogP contribution is -1.81. The van der Waals surface area contributed by atoms with Crippen LogP contribution in [-0.4, -0.2) is 11.6 Å². The molecule has 2 heteroatoms. The molecule has 0 heterocycles. The first-order chi connectivity index (χ1) is 7.13. The maximum absolute atomic E-state index is 10.6. The summed E-state index contributed by atoms with van der Waals surface area (Å²) >= 11 is 0. The van der Waals surface area contributed by atoms with Crippen molar-refractivity contribution in [1.82, 2.24) is 0 Å². The second kappa shape index (κ2) is 9.38. The molecule has 0 aromatic carbocycles. The molecule has 0 saturated heterocycles. The van der Waals surface area contributed by atoms with Gasteiger partial charge in [-0.05, 0) is 51.7 Å². The molecule has 0 amide bonds. The summed E-state index contributed by atoms with van der Waals surface area (Å²) in [6.45, 7) is 3.12. The van der Waals surface area contributed by atoms with Crippen LogP contribution in [0.2, 0.25) is 0 Å². The predicted octanol–water partition coefficient (Wildman–Crippen LogP) is 3.23. The molecule has 0 fully saturated rings. The Hall–Kier alpha value is -1.18. The molecule has 84 valence electrons. The summed E-state index contributed by atoms with van der Waals surface area (Å²) in [6.07, 6.45) is 12.4. The molecule has 0 saturated carbocycles. The minimum atomic E-state index is 0.111. The third-order valence-corrected chi connectivity index (χ3v) is 1.95. The van der Waals surface area contributed by atoms with Crippen molar-refractivity contribution in [1.29, 1.82) is 0 Å². The van der Waals surface area contributed by atoms with Gasteiger partial charge in [0.25, 0.3) is 0 Å². The van der Waals surface area contributed by atoms with E-state index in [9.17, 15) is 9.59 Å². The van der Waals surface area contributed by atoms with Crippen LogP contribution in [0.3, 0.4) is 0 Å². The highest BCUT2D eigenvalue weighted by atomic mass is 16.1. The van der Waals surface area contributed by atoms with E-state index in [1.807, 2.05) is 12.2 Å². The molecule has 0 aliphatic carbocycles. The Kier molecular flexibility index (Phi) is 8.64. The van der Waals surface area contributed by atoms with E-state index in [0.29, 0.717) is 0 Å². The van der Waals surface area contributed by atoms with Crippen molar-refractivity contribution in [2.24, 2.45) is 0 Å². The Balaban J connectivity index is 3.25. The first-order valence-corrected chi connectivity index (χ1v) is 5.47. The zero-order valence-corrected chi connectivity index (χ0v) is 9.66. The van der Waals surface area contributed by atoms with Crippen LogP contribution in [0.25, 0.3) is 0 Å². The molecular formula is C13H20O2. The summed E-state index contributed by atoms with van der Waals surface area (Å²) < 4.78 is 0. The zero-order valence-electron chi connectivity index (χ0n) is 9.66. The lowest BCUT2D eigenvalue weighted by Gasteiger charge is -1.94. The molecule has 0 aliphatic rings. The summed E-state index contributed by atoms with van der Waals surface area (Å²) in [6, 6.07) is 0. The highest BCUT2D eigenvalue weighted by Gasteiger charge is 1.87. The van der Waals surface area contributed by atoms with Crippen molar-refractivity contribution in [3.05, 3.63) is 24.3 Å². The fraction of sp³-hybridized carbons (Fsp3) is 0.538. The monoisotopic (exact) mass is 208 g/mol. The van der Waals surface area contributed by atoms with Gasteiger partial charge in [-0.2, -0.15) is 0 Å². The number of unbranched alkanes of at least 4 members (excludes halogenated alkanes) is 4. The van der Waals surface area contributed by atoms with Gasteiger partial charge in [-0.3, -0.25) is 9.59 Å². The summed E-state index contributed by atoms with van der Waals surface area (Å²) in [5, 5.41) is 0. The summed E-state index contributed by atoms with van der Waals surface area (Å²) in [7, 11) is 0. The van der Waals surface area contributed by atoms with Gasteiger partial charge in [-0.1, -0.05) is 18.6 Å². The van der Waals surface area contributed by atoms with E-state index in [1.54, 1.807) is 26.0 Å². The minimum absolute atomic E-state index is 0.111. The summed E-state index contributed by atoms with van der Waals surface area (Å²) in [4.78, 5) is 21.1. The van der Waals surface area contributed by atoms with Crippen LogP contribution in [0.1, 0.15) is 46.0 Å². The Morgan fingerprint density at radius 2 is 1.20 bits per heavy atom. The van der Waals surface area contributed by atoms with Crippen molar-refractivity contribution in [3.8, 4) is 0 Å². The molecular weight excluding hydrogens is 188 g/mol. The summed E-state index contributed by atoms with van der Waals surface area (Å²) in [5.41, 5.74) is 0. The highest BCUT2D eigenvalue weighted by Crippen LogP contribution is 2.04. The van der Waals surface area contributed by atoms with Crippen molar-refractivity contribution in [3.63, 3.8) is 0 Å². The van der Waals surface area contributed by atoms with E-state index in [4.69, 9.17) is 0 Å². The van der Waals surface area contributed by atoms with Gasteiger partial charge in [0.1, 0.15) is 0 Å². The van der Waals surface area contributed by atoms with E-state index >= 15 is 0 Å². The van der Waals surface area contributed by atoms with Crippen LogP contribution in [0.15, 0.2) is 24.3 Å². The van der Waals surface area contributed by atoms with Crippen LogP contribution in [0.4, 0.5) is 0 Å². The van der Waals surface area contributed by atoms with Crippen LogP contribution < -0.4 is 0 Å². The van der Waals surface area contributed by atoms with Gasteiger partial charge in [0.05, 0.1) is 0 Å². The minimum Gasteiger partial charge on any atom is -0.295 e. The average molecular weight is 208 g/mol. The number of ketones is 2. The molecule has 2 nitrogen and oxygen atoms in total. The van der Waals surface area contributed by atoms with E-state index in [0.717, 1.165) is 32.1 Å². The Morgan fingerprint density at radius 1 is 0.800 bits per heavy atom. The van der Waals surface area contributed by atoms with E-state index in [-0.39, 0.29) is 11.6 Å². The molecule has 0 spiro atoms. The Labute approximate surface area is 92.1 Å². The second-order valence-electron chi connectivity index (χ2n) is 3.66. The van der Waals surface area contributed by atoms with Gasteiger partial charge in [0.15, 0.2) is 11.6 Å². The molecule has 0 aromatic rings. The van der Waals surface area contributed by atoms with Gasteiger partial charge >= 0.3 is 0 Å². The van der Waals surface area contributed by atoms with Crippen molar-refractivity contribution in [2.45, 2.75) is 46.0 Å². The Bertz CT molecular complexity index is 223. The maximum Gasteiger partial charge on any atom is 0.152 e. The molecule has 0 aromatic heterocycles. The lowest BCUT2D eigenvalue weighted by atomic mass is 10.1. The molecule has 0 atom stereocenters. The third-order valence-electron chi connectivity index (χ3n) is 1.95. The normalized spacial score (nSPS) is 11.3. The third kappa shape index (κ3) is 12.8. The zero-order chi connectivity index (χ0) is 11.5. The van der Waals surface area contributed by atoms with Gasteiger partial charge in [0.2, 0.25) is 0 Å². The lowest BCUT2D eigenvalue weighted by molar-refractivity contribution is -0.113. The number of hydrogen-bond donors (Lipinski definition) is 0. The number of carbonyl (C=O) groups excluding carboxylic acids is 2. The predicted molar refractivity (Wildman–Crippen MR) is 62.7 cm³/mol. The SMILES string of the molecule is CC(=O)/C=C/CCCCC/C=C/C(C)=O. The van der Waals surface area contributed by atoms with E-state index < -0.39 is 0 Å². The molecule has 0 aliphatic heterocycles. The standard InChI is InChI=1S/C13H20O2/c1-12(14)10-8-6-4-3-5-7-9-11-13(2)15/h8-11H,3-7H2,1-2H3/b10-8+,11-9+. The molecule has 0 bridgehead atoms. The molecule has 15 heavy (non-hydrogen) atoms. The van der Waals surface area contributed by atoms with Crippen molar-refractivity contribution in [2.75, 3.05) is 0 Å². The molecule has 0 N–H and O–H groups in total. The van der Waals surface area contributed by atoms with Gasteiger partial charge < -0.3 is 0 Å². The molecule has 0 rings (SSSR count). The quantitative estimate of drug-likeness (QED) is 0.453. The number of rotatable bonds is 8.